The van der Waals surface area contributed by atoms with E-state index < -0.39 is 11.6 Å². The molecule has 3 nitrogen and oxygen atoms in total. The van der Waals surface area contributed by atoms with Crippen LogP contribution in [0, 0.1) is 18.6 Å². The molecule has 0 amide bonds. The molecule has 0 aliphatic heterocycles. The third-order valence-corrected chi connectivity index (χ3v) is 2.40. The van der Waals surface area contributed by atoms with Crippen molar-refractivity contribution in [3.8, 4) is 11.3 Å². The second-order valence-electron chi connectivity index (χ2n) is 3.84. The van der Waals surface area contributed by atoms with Crippen molar-refractivity contribution in [2.45, 2.75) is 13.8 Å². The number of halogens is 2. The lowest BCUT2D eigenvalue weighted by Gasteiger charge is -2.07. The Labute approximate surface area is 104 Å². The Morgan fingerprint density at radius 1 is 1.17 bits per heavy atom. The molecule has 0 atom stereocenters. The summed E-state index contributed by atoms with van der Waals surface area (Å²) in [5.41, 5.74) is 0.706. The zero-order chi connectivity index (χ0) is 13.1. The molecule has 5 heteroatoms. The molecule has 0 radical (unpaired) electrons. The van der Waals surface area contributed by atoms with Crippen LogP contribution in [0.4, 0.5) is 14.6 Å². The number of hydrogen-bond acceptors (Lipinski definition) is 3. The minimum absolute atomic E-state index is 0.265. The Balaban J connectivity index is 2.49. The van der Waals surface area contributed by atoms with Crippen molar-refractivity contribution in [1.29, 1.82) is 0 Å². The molecule has 0 spiro atoms. The fourth-order valence-electron chi connectivity index (χ4n) is 1.67. The van der Waals surface area contributed by atoms with E-state index >= 15 is 0 Å². The van der Waals surface area contributed by atoms with Crippen molar-refractivity contribution >= 4 is 5.82 Å². The summed E-state index contributed by atoms with van der Waals surface area (Å²) < 4.78 is 26.5. The lowest BCUT2D eigenvalue weighted by Crippen LogP contribution is -2.03. The summed E-state index contributed by atoms with van der Waals surface area (Å²) in [6, 6.07) is 5.08. The number of benzene rings is 1. The normalized spacial score (nSPS) is 10.4. The highest BCUT2D eigenvalue weighted by Gasteiger charge is 2.09. The molecule has 1 aromatic carbocycles. The lowest BCUT2D eigenvalue weighted by atomic mass is 10.1. The third kappa shape index (κ3) is 2.61. The monoisotopic (exact) mass is 249 g/mol. The maximum absolute atomic E-state index is 13.7. The van der Waals surface area contributed by atoms with E-state index in [0.717, 1.165) is 6.07 Å². The van der Waals surface area contributed by atoms with Crippen molar-refractivity contribution < 1.29 is 8.78 Å². The number of nitrogens with one attached hydrogen (secondary N) is 1. The van der Waals surface area contributed by atoms with E-state index in [9.17, 15) is 8.78 Å². The van der Waals surface area contributed by atoms with Gasteiger partial charge in [0.05, 0.1) is 5.69 Å². The van der Waals surface area contributed by atoms with Crippen LogP contribution in [0.3, 0.4) is 0 Å². The SMILES string of the molecule is CCNc1cc(-c2ccc(F)cc2F)nc(C)n1. The van der Waals surface area contributed by atoms with Crippen molar-refractivity contribution in [3.63, 3.8) is 0 Å². The Hall–Kier alpha value is -2.04. The molecule has 0 unspecified atom stereocenters. The maximum atomic E-state index is 13.7. The standard InChI is InChI=1S/C13H13F2N3/c1-3-16-13-7-12(17-8(2)18-13)10-5-4-9(14)6-11(10)15/h4-7H,3H2,1-2H3,(H,16,17,18). The first kappa shape index (κ1) is 12.4. The van der Waals surface area contributed by atoms with Crippen LogP contribution in [-0.4, -0.2) is 16.5 Å². The second-order valence-corrected chi connectivity index (χ2v) is 3.84. The van der Waals surface area contributed by atoms with E-state index in [4.69, 9.17) is 0 Å². The Bertz CT molecular complexity index is 570. The van der Waals surface area contributed by atoms with Crippen LogP contribution >= 0.6 is 0 Å². The van der Waals surface area contributed by atoms with E-state index in [1.165, 1.54) is 12.1 Å². The largest absolute Gasteiger partial charge is 0.370 e. The van der Waals surface area contributed by atoms with Crippen LogP contribution < -0.4 is 5.32 Å². The molecule has 0 saturated heterocycles. The quantitative estimate of drug-likeness (QED) is 0.908. The first-order chi connectivity index (χ1) is 8.60. The highest BCUT2D eigenvalue weighted by molar-refractivity contribution is 5.63. The van der Waals surface area contributed by atoms with Crippen molar-refractivity contribution in [3.05, 3.63) is 41.7 Å². The average molecular weight is 249 g/mol. The maximum Gasteiger partial charge on any atom is 0.135 e. The van der Waals surface area contributed by atoms with Crippen LogP contribution in [0.15, 0.2) is 24.3 Å². The zero-order valence-corrected chi connectivity index (χ0v) is 10.2. The molecular formula is C13H13F2N3. The van der Waals surface area contributed by atoms with E-state index in [-0.39, 0.29) is 5.56 Å². The summed E-state index contributed by atoms with van der Waals surface area (Å²) in [6.45, 7) is 4.38. The first-order valence-corrected chi connectivity index (χ1v) is 5.65. The molecule has 94 valence electrons. The van der Waals surface area contributed by atoms with E-state index in [0.29, 0.717) is 23.9 Å². The number of nitrogens with zero attached hydrogens (tertiary/aromatic N) is 2. The van der Waals surface area contributed by atoms with Crippen molar-refractivity contribution in [2.75, 3.05) is 11.9 Å². The molecule has 1 N–H and O–H groups in total. The van der Waals surface area contributed by atoms with Crippen LogP contribution in [0.5, 0.6) is 0 Å². The Morgan fingerprint density at radius 3 is 2.61 bits per heavy atom. The summed E-state index contributed by atoms with van der Waals surface area (Å²) in [5.74, 6) is -0.0691. The van der Waals surface area contributed by atoms with Gasteiger partial charge in [0.25, 0.3) is 0 Å². The Kier molecular flexibility index (Phi) is 3.50. The molecule has 1 aromatic heterocycles. The molecule has 2 rings (SSSR count). The van der Waals surface area contributed by atoms with Gasteiger partial charge in [0, 0.05) is 24.2 Å². The smallest absolute Gasteiger partial charge is 0.135 e. The van der Waals surface area contributed by atoms with Gasteiger partial charge in [0.2, 0.25) is 0 Å². The second kappa shape index (κ2) is 5.08. The van der Waals surface area contributed by atoms with Crippen molar-refractivity contribution in [2.24, 2.45) is 0 Å². The molecule has 18 heavy (non-hydrogen) atoms. The van der Waals surface area contributed by atoms with Gasteiger partial charge in [0.15, 0.2) is 0 Å². The molecular weight excluding hydrogens is 236 g/mol. The first-order valence-electron chi connectivity index (χ1n) is 5.65. The van der Waals surface area contributed by atoms with Crippen LogP contribution in [-0.2, 0) is 0 Å². The van der Waals surface area contributed by atoms with E-state index in [1.54, 1.807) is 13.0 Å². The number of aromatic nitrogens is 2. The predicted octanol–water partition coefficient (Wildman–Crippen LogP) is 3.16. The number of aryl methyl sites for hydroxylation is 1. The predicted molar refractivity (Wildman–Crippen MR) is 66.3 cm³/mol. The molecule has 0 bridgehead atoms. The van der Waals surface area contributed by atoms with Gasteiger partial charge in [-0.1, -0.05) is 0 Å². The highest BCUT2D eigenvalue weighted by atomic mass is 19.1. The number of anilines is 1. The zero-order valence-electron chi connectivity index (χ0n) is 10.2. The van der Waals surface area contributed by atoms with Gasteiger partial charge in [-0.05, 0) is 26.0 Å². The number of hydrogen-bond donors (Lipinski definition) is 1. The lowest BCUT2D eigenvalue weighted by molar-refractivity contribution is 0.585. The summed E-state index contributed by atoms with van der Waals surface area (Å²) in [7, 11) is 0. The molecule has 0 fully saturated rings. The van der Waals surface area contributed by atoms with Gasteiger partial charge in [-0.2, -0.15) is 0 Å². The van der Waals surface area contributed by atoms with Crippen molar-refractivity contribution in [1.82, 2.24) is 9.97 Å². The van der Waals surface area contributed by atoms with Crippen LogP contribution in [0.2, 0.25) is 0 Å². The molecule has 2 aromatic rings. The third-order valence-electron chi connectivity index (χ3n) is 2.40. The van der Waals surface area contributed by atoms with E-state index in [2.05, 4.69) is 15.3 Å². The van der Waals surface area contributed by atoms with Crippen LogP contribution in [0.25, 0.3) is 11.3 Å². The molecule has 0 aliphatic rings. The van der Waals surface area contributed by atoms with Gasteiger partial charge in [-0.15, -0.1) is 0 Å². The number of rotatable bonds is 3. The fraction of sp³-hybridized carbons (Fsp3) is 0.231. The topological polar surface area (TPSA) is 37.8 Å². The van der Waals surface area contributed by atoms with E-state index in [1.807, 2.05) is 6.92 Å². The summed E-state index contributed by atoms with van der Waals surface area (Å²) in [5, 5.41) is 3.04. The Morgan fingerprint density at radius 2 is 1.94 bits per heavy atom. The average Bonchev–Trinajstić information content (AvgIpc) is 2.28. The minimum Gasteiger partial charge on any atom is -0.370 e. The summed E-state index contributed by atoms with van der Waals surface area (Å²) in [6.07, 6.45) is 0. The van der Waals surface area contributed by atoms with Gasteiger partial charge in [0.1, 0.15) is 23.3 Å². The van der Waals surface area contributed by atoms with Gasteiger partial charge < -0.3 is 5.32 Å². The minimum atomic E-state index is -0.629. The van der Waals surface area contributed by atoms with Gasteiger partial charge in [-0.25, -0.2) is 18.7 Å². The van der Waals surface area contributed by atoms with Gasteiger partial charge in [-0.3, -0.25) is 0 Å². The summed E-state index contributed by atoms with van der Waals surface area (Å²) >= 11 is 0. The van der Waals surface area contributed by atoms with Gasteiger partial charge >= 0.3 is 0 Å². The van der Waals surface area contributed by atoms with Crippen LogP contribution in [0.1, 0.15) is 12.7 Å². The summed E-state index contributed by atoms with van der Waals surface area (Å²) in [4.78, 5) is 8.34. The highest BCUT2D eigenvalue weighted by Crippen LogP contribution is 2.23. The molecule has 0 aliphatic carbocycles. The fourth-order valence-corrected chi connectivity index (χ4v) is 1.67. The molecule has 1 heterocycles. The molecule has 0 saturated carbocycles.